The second kappa shape index (κ2) is 6.36. The van der Waals surface area contributed by atoms with Gasteiger partial charge in [-0.2, -0.15) is 0 Å². The molecule has 0 saturated heterocycles. The molecule has 0 bridgehead atoms. The molecule has 0 aliphatic heterocycles. The van der Waals surface area contributed by atoms with Crippen LogP contribution in [0, 0.1) is 13.8 Å². The van der Waals surface area contributed by atoms with E-state index in [4.69, 9.17) is 0 Å². The van der Waals surface area contributed by atoms with E-state index < -0.39 is 0 Å². The van der Waals surface area contributed by atoms with Crippen LogP contribution in [-0.2, 0) is 6.54 Å². The van der Waals surface area contributed by atoms with Gasteiger partial charge in [-0.05, 0) is 55.2 Å². The van der Waals surface area contributed by atoms with Crippen LogP contribution < -0.4 is 5.32 Å². The predicted molar refractivity (Wildman–Crippen MR) is 85.3 cm³/mol. The first kappa shape index (κ1) is 14.3. The van der Waals surface area contributed by atoms with E-state index in [9.17, 15) is 0 Å². The normalized spacial score (nSPS) is 12.4. The van der Waals surface area contributed by atoms with Gasteiger partial charge in [-0.25, -0.2) is 0 Å². The van der Waals surface area contributed by atoms with E-state index in [0.29, 0.717) is 6.04 Å². The zero-order valence-electron chi connectivity index (χ0n) is 11.7. The van der Waals surface area contributed by atoms with Gasteiger partial charge in [-0.15, -0.1) is 0 Å². The summed E-state index contributed by atoms with van der Waals surface area (Å²) in [6.45, 7) is 7.47. The highest BCUT2D eigenvalue weighted by molar-refractivity contribution is 9.10. The van der Waals surface area contributed by atoms with E-state index in [-0.39, 0.29) is 0 Å². The molecular weight excluding hydrogens is 298 g/mol. The van der Waals surface area contributed by atoms with Crippen molar-refractivity contribution in [2.75, 3.05) is 0 Å². The van der Waals surface area contributed by atoms with Gasteiger partial charge in [-0.1, -0.05) is 46.3 Å². The van der Waals surface area contributed by atoms with Crippen LogP contribution in [0.4, 0.5) is 0 Å². The van der Waals surface area contributed by atoms with Gasteiger partial charge in [0, 0.05) is 17.1 Å². The lowest BCUT2D eigenvalue weighted by atomic mass is 10.0. The molecule has 1 atom stereocenters. The van der Waals surface area contributed by atoms with Crippen molar-refractivity contribution in [1.82, 2.24) is 5.32 Å². The third-order valence-corrected chi connectivity index (χ3v) is 4.21. The van der Waals surface area contributed by atoms with Crippen LogP contribution in [0.5, 0.6) is 0 Å². The van der Waals surface area contributed by atoms with E-state index in [1.54, 1.807) is 0 Å². The Morgan fingerprint density at radius 3 is 2.42 bits per heavy atom. The summed E-state index contributed by atoms with van der Waals surface area (Å²) >= 11 is 3.47. The number of hydrogen-bond donors (Lipinski definition) is 1. The molecule has 100 valence electrons. The molecule has 0 fully saturated rings. The first-order valence-corrected chi connectivity index (χ1v) is 7.41. The highest BCUT2D eigenvalue weighted by Crippen LogP contribution is 2.18. The minimum absolute atomic E-state index is 0.355. The third-order valence-electron chi connectivity index (χ3n) is 3.69. The number of rotatable bonds is 4. The quantitative estimate of drug-likeness (QED) is 0.844. The molecule has 0 saturated carbocycles. The molecule has 19 heavy (non-hydrogen) atoms. The summed E-state index contributed by atoms with van der Waals surface area (Å²) in [6, 6.07) is 15.3. The average Bonchev–Trinajstić information content (AvgIpc) is 2.41. The molecule has 0 heterocycles. The van der Waals surface area contributed by atoms with Crippen LogP contribution in [0.25, 0.3) is 0 Å². The fraction of sp³-hybridized carbons (Fsp3) is 0.294. The molecular formula is C17H20BrN. The smallest absolute Gasteiger partial charge is 0.0294 e. The number of halogens is 1. The first-order valence-electron chi connectivity index (χ1n) is 6.62. The highest BCUT2D eigenvalue weighted by atomic mass is 79.9. The predicted octanol–water partition coefficient (Wildman–Crippen LogP) is 4.92. The van der Waals surface area contributed by atoms with E-state index in [0.717, 1.165) is 11.0 Å². The number of nitrogens with one attached hydrogen (secondary N) is 1. The van der Waals surface area contributed by atoms with Crippen LogP contribution in [0.1, 0.15) is 35.2 Å². The highest BCUT2D eigenvalue weighted by Gasteiger charge is 2.06. The molecule has 0 amide bonds. The van der Waals surface area contributed by atoms with Crippen molar-refractivity contribution in [3.05, 3.63) is 69.2 Å². The Bertz CT molecular complexity index is 546. The fourth-order valence-electron chi connectivity index (χ4n) is 2.14. The maximum atomic E-state index is 3.59. The van der Waals surface area contributed by atoms with Crippen molar-refractivity contribution >= 4 is 15.9 Å². The van der Waals surface area contributed by atoms with E-state index in [1.165, 1.54) is 22.3 Å². The van der Waals surface area contributed by atoms with Gasteiger partial charge in [0.05, 0.1) is 0 Å². The Morgan fingerprint density at radius 2 is 1.74 bits per heavy atom. The maximum absolute atomic E-state index is 3.59. The largest absolute Gasteiger partial charge is 0.306 e. The Morgan fingerprint density at radius 1 is 1.05 bits per heavy atom. The summed E-state index contributed by atoms with van der Waals surface area (Å²) in [5, 5.41) is 3.59. The van der Waals surface area contributed by atoms with Gasteiger partial charge in [0.1, 0.15) is 0 Å². The number of aryl methyl sites for hydroxylation is 1. The number of hydrogen-bond acceptors (Lipinski definition) is 1. The van der Waals surface area contributed by atoms with Crippen molar-refractivity contribution in [3.63, 3.8) is 0 Å². The first-order chi connectivity index (χ1) is 9.08. The van der Waals surface area contributed by atoms with E-state index >= 15 is 0 Å². The molecule has 2 aromatic carbocycles. The van der Waals surface area contributed by atoms with Crippen LogP contribution in [0.2, 0.25) is 0 Å². The Hall–Kier alpha value is -1.12. The molecule has 1 N–H and O–H groups in total. The molecule has 0 aliphatic carbocycles. The average molecular weight is 318 g/mol. The zero-order valence-corrected chi connectivity index (χ0v) is 13.3. The summed E-state index contributed by atoms with van der Waals surface area (Å²) in [5.41, 5.74) is 5.44. The third kappa shape index (κ3) is 3.68. The van der Waals surface area contributed by atoms with Crippen molar-refractivity contribution < 1.29 is 0 Å². The van der Waals surface area contributed by atoms with E-state index in [2.05, 4.69) is 84.5 Å². The minimum Gasteiger partial charge on any atom is -0.306 e. The molecule has 0 aliphatic rings. The molecule has 0 spiro atoms. The van der Waals surface area contributed by atoms with Crippen molar-refractivity contribution in [2.24, 2.45) is 0 Å². The second-order valence-electron chi connectivity index (χ2n) is 5.01. The van der Waals surface area contributed by atoms with Gasteiger partial charge in [0.15, 0.2) is 0 Å². The Balaban J connectivity index is 2.02. The lowest BCUT2D eigenvalue weighted by Gasteiger charge is -2.16. The van der Waals surface area contributed by atoms with Crippen molar-refractivity contribution in [1.29, 1.82) is 0 Å². The Kier molecular flexibility index (Phi) is 4.78. The lowest BCUT2D eigenvalue weighted by molar-refractivity contribution is 0.573. The van der Waals surface area contributed by atoms with Gasteiger partial charge >= 0.3 is 0 Å². The monoisotopic (exact) mass is 317 g/mol. The molecule has 1 nitrogen and oxygen atoms in total. The molecule has 2 heteroatoms. The lowest BCUT2D eigenvalue weighted by Crippen LogP contribution is -2.18. The SMILES string of the molecule is Cc1cccc(CN[C@H](C)c2ccc(Br)cc2)c1C. The summed E-state index contributed by atoms with van der Waals surface area (Å²) in [6.07, 6.45) is 0. The zero-order chi connectivity index (χ0) is 13.8. The maximum Gasteiger partial charge on any atom is 0.0294 e. The minimum atomic E-state index is 0.355. The van der Waals surface area contributed by atoms with Gasteiger partial charge in [-0.3, -0.25) is 0 Å². The molecule has 2 aromatic rings. The molecule has 2 rings (SSSR count). The van der Waals surface area contributed by atoms with Gasteiger partial charge < -0.3 is 5.32 Å². The van der Waals surface area contributed by atoms with Gasteiger partial charge in [0.2, 0.25) is 0 Å². The van der Waals surface area contributed by atoms with Crippen molar-refractivity contribution in [2.45, 2.75) is 33.4 Å². The summed E-state index contributed by atoms with van der Waals surface area (Å²) in [5.74, 6) is 0. The topological polar surface area (TPSA) is 12.0 Å². The van der Waals surface area contributed by atoms with Crippen LogP contribution in [0.3, 0.4) is 0 Å². The number of benzene rings is 2. The second-order valence-corrected chi connectivity index (χ2v) is 5.93. The summed E-state index contributed by atoms with van der Waals surface area (Å²) in [4.78, 5) is 0. The summed E-state index contributed by atoms with van der Waals surface area (Å²) in [7, 11) is 0. The molecule has 0 aromatic heterocycles. The standard InChI is InChI=1S/C17H20BrN/c1-12-5-4-6-16(13(12)2)11-19-14(3)15-7-9-17(18)10-8-15/h4-10,14,19H,11H2,1-3H3/t14-/m1/s1. The fourth-order valence-corrected chi connectivity index (χ4v) is 2.40. The van der Waals surface area contributed by atoms with Crippen LogP contribution in [-0.4, -0.2) is 0 Å². The molecule has 0 radical (unpaired) electrons. The van der Waals surface area contributed by atoms with Gasteiger partial charge in [0.25, 0.3) is 0 Å². The summed E-state index contributed by atoms with van der Waals surface area (Å²) < 4.78 is 1.12. The Labute approximate surface area is 124 Å². The van der Waals surface area contributed by atoms with E-state index in [1.807, 2.05) is 0 Å². The van der Waals surface area contributed by atoms with Crippen LogP contribution in [0.15, 0.2) is 46.9 Å². The van der Waals surface area contributed by atoms with Crippen molar-refractivity contribution in [3.8, 4) is 0 Å². The molecule has 0 unspecified atom stereocenters. The van der Waals surface area contributed by atoms with Crippen LogP contribution >= 0.6 is 15.9 Å².